The molecule has 17 heavy (non-hydrogen) atoms. The van der Waals surface area contributed by atoms with E-state index in [1.807, 2.05) is 0 Å². The molecule has 0 aliphatic rings. The highest BCUT2D eigenvalue weighted by Crippen LogP contribution is 2.15. The molecule has 0 bridgehead atoms. The quantitative estimate of drug-likeness (QED) is 0.790. The number of hydrogen-bond donors (Lipinski definition) is 2. The van der Waals surface area contributed by atoms with Crippen LogP contribution in [0, 0.1) is 0 Å². The second-order valence-electron chi connectivity index (χ2n) is 3.47. The normalized spacial score (nSPS) is 10.9. The van der Waals surface area contributed by atoms with Crippen molar-refractivity contribution in [3.05, 3.63) is 36.4 Å². The molecule has 5 nitrogen and oxygen atoms in total. The molecule has 0 radical (unpaired) electrons. The zero-order valence-electron chi connectivity index (χ0n) is 9.65. The number of anilines is 1. The van der Waals surface area contributed by atoms with Crippen LogP contribution in [0.4, 0.5) is 5.69 Å². The van der Waals surface area contributed by atoms with Gasteiger partial charge in [0.15, 0.2) is 0 Å². The van der Waals surface area contributed by atoms with Crippen molar-refractivity contribution >= 4 is 21.6 Å². The average molecular weight is 254 g/mol. The first kappa shape index (κ1) is 13.4. The summed E-state index contributed by atoms with van der Waals surface area (Å²) in [4.78, 5) is 11.5. The molecule has 0 unspecified atom stereocenters. The van der Waals surface area contributed by atoms with Gasteiger partial charge < -0.3 is 5.32 Å². The number of benzene rings is 1. The molecule has 0 aliphatic carbocycles. The predicted molar refractivity (Wildman–Crippen MR) is 66.1 cm³/mol. The lowest BCUT2D eigenvalue weighted by Crippen LogP contribution is -2.19. The molecule has 2 N–H and O–H groups in total. The van der Waals surface area contributed by atoms with Gasteiger partial charge in [0.2, 0.25) is 10.0 Å². The van der Waals surface area contributed by atoms with Crippen LogP contribution in [0.2, 0.25) is 0 Å². The van der Waals surface area contributed by atoms with Crippen LogP contribution in [0.1, 0.15) is 6.92 Å². The average Bonchev–Trinajstić information content (AvgIpc) is 2.29. The molecule has 0 aromatic heterocycles. The van der Waals surface area contributed by atoms with Crippen molar-refractivity contribution in [1.29, 1.82) is 0 Å². The molecule has 1 aromatic rings. The third kappa shape index (κ3) is 3.40. The van der Waals surface area contributed by atoms with Gasteiger partial charge in [-0.25, -0.2) is 13.1 Å². The van der Waals surface area contributed by atoms with Crippen LogP contribution in [0.5, 0.6) is 0 Å². The van der Waals surface area contributed by atoms with Crippen LogP contribution >= 0.6 is 0 Å². The van der Waals surface area contributed by atoms with E-state index in [2.05, 4.69) is 16.6 Å². The van der Waals surface area contributed by atoms with Crippen molar-refractivity contribution in [2.75, 3.05) is 12.4 Å². The fraction of sp³-hybridized carbons (Fsp3) is 0.182. The maximum atomic E-state index is 11.5. The molecule has 6 heteroatoms. The molecule has 1 amide bonds. The van der Waals surface area contributed by atoms with E-state index < -0.39 is 10.0 Å². The van der Waals surface area contributed by atoms with E-state index in [4.69, 9.17) is 0 Å². The topological polar surface area (TPSA) is 75.3 Å². The van der Waals surface area contributed by atoms with E-state index in [0.717, 1.165) is 0 Å². The van der Waals surface area contributed by atoms with E-state index in [-0.39, 0.29) is 10.8 Å². The van der Waals surface area contributed by atoms with E-state index in [1.165, 1.54) is 19.2 Å². The van der Waals surface area contributed by atoms with Crippen LogP contribution < -0.4 is 10.0 Å². The highest BCUT2D eigenvalue weighted by molar-refractivity contribution is 7.89. The SMILES string of the molecule is C=C(C)C(=O)Nc1cccc(S(=O)(=O)NC)c1. The third-order valence-corrected chi connectivity index (χ3v) is 3.47. The van der Waals surface area contributed by atoms with Gasteiger partial charge in [0.05, 0.1) is 4.90 Å². The fourth-order valence-corrected chi connectivity index (χ4v) is 1.87. The summed E-state index contributed by atoms with van der Waals surface area (Å²) in [5.41, 5.74) is 0.765. The molecule has 92 valence electrons. The summed E-state index contributed by atoms with van der Waals surface area (Å²) in [5, 5.41) is 2.55. The molecule has 0 spiro atoms. The summed E-state index contributed by atoms with van der Waals surface area (Å²) in [7, 11) is -2.17. The van der Waals surface area contributed by atoms with E-state index in [0.29, 0.717) is 11.3 Å². The fourth-order valence-electron chi connectivity index (χ4n) is 1.10. The second-order valence-corrected chi connectivity index (χ2v) is 5.36. The molecule has 0 fully saturated rings. The van der Waals surface area contributed by atoms with Gasteiger partial charge in [0, 0.05) is 11.3 Å². The highest BCUT2D eigenvalue weighted by Gasteiger charge is 2.12. The Balaban J connectivity index is 3.03. The van der Waals surface area contributed by atoms with Crippen molar-refractivity contribution in [1.82, 2.24) is 4.72 Å². The Morgan fingerprint density at radius 1 is 1.35 bits per heavy atom. The Morgan fingerprint density at radius 2 is 2.00 bits per heavy atom. The Labute approximate surface area is 101 Å². The molecular formula is C11H14N2O3S. The molecule has 1 aromatic carbocycles. The van der Waals surface area contributed by atoms with Crippen LogP contribution in [0.15, 0.2) is 41.3 Å². The molecule has 0 saturated carbocycles. The minimum Gasteiger partial charge on any atom is -0.322 e. The number of nitrogens with one attached hydrogen (secondary N) is 2. The number of hydrogen-bond acceptors (Lipinski definition) is 3. The number of carbonyl (C=O) groups is 1. The van der Waals surface area contributed by atoms with Crippen molar-refractivity contribution in [2.45, 2.75) is 11.8 Å². The highest BCUT2D eigenvalue weighted by atomic mass is 32.2. The first-order chi connectivity index (χ1) is 7.86. The van der Waals surface area contributed by atoms with Gasteiger partial charge in [0.25, 0.3) is 5.91 Å². The first-order valence-electron chi connectivity index (χ1n) is 4.87. The maximum absolute atomic E-state index is 11.5. The number of sulfonamides is 1. The maximum Gasteiger partial charge on any atom is 0.250 e. The lowest BCUT2D eigenvalue weighted by atomic mass is 10.3. The molecule has 0 heterocycles. The summed E-state index contributed by atoms with van der Waals surface area (Å²) in [6, 6.07) is 5.99. The van der Waals surface area contributed by atoms with Gasteiger partial charge in [-0.15, -0.1) is 0 Å². The lowest BCUT2D eigenvalue weighted by molar-refractivity contribution is -0.112. The number of rotatable bonds is 4. The zero-order chi connectivity index (χ0) is 13.1. The Hall–Kier alpha value is -1.66. The van der Waals surface area contributed by atoms with Crippen molar-refractivity contribution < 1.29 is 13.2 Å². The van der Waals surface area contributed by atoms with Crippen LogP contribution in [-0.4, -0.2) is 21.4 Å². The summed E-state index contributed by atoms with van der Waals surface area (Å²) < 4.78 is 25.3. The van der Waals surface area contributed by atoms with Crippen LogP contribution in [0.25, 0.3) is 0 Å². The molecule has 0 aliphatic heterocycles. The Bertz CT molecular complexity index is 550. The number of carbonyl (C=O) groups excluding carboxylic acids is 1. The molecule has 1 rings (SSSR count). The predicted octanol–water partition coefficient (Wildman–Crippen LogP) is 1.11. The van der Waals surface area contributed by atoms with Gasteiger partial charge in [-0.05, 0) is 32.2 Å². The third-order valence-electron chi connectivity index (χ3n) is 2.06. The van der Waals surface area contributed by atoms with Gasteiger partial charge in [-0.3, -0.25) is 4.79 Å². The van der Waals surface area contributed by atoms with Crippen LogP contribution in [0.3, 0.4) is 0 Å². The van der Waals surface area contributed by atoms with E-state index in [9.17, 15) is 13.2 Å². The largest absolute Gasteiger partial charge is 0.322 e. The van der Waals surface area contributed by atoms with Gasteiger partial charge in [-0.1, -0.05) is 12.6 Å². The summed E-state index contributed by atoms with van der Waals surface area (Å²) >= 11 is 0. The first-order valence-corrected chi connectivity index (χ1v) is 6.35. The van der Waals surface area contributed by atoms with Crippen molar-refractivity contribution in [3.8, 4) is 0 Å². The summed E-state index contributed by atoms with van der Waals surface area (Å²) in [6.07, 6.45) is 0. The lowest BCUT2D eigenvalue weighted by Gasteiger charge is -2.07. The molecular weight excluding hydrogens is 240 g/mol. The van der Waals surface area contributed by atoms with Gasteiger partial charge >= 0.3 is 0 Å². The molecule has 0 saturated heterocycles. The van der Waals surface area contributed by atoms with Gasteiger partial charge in [0.1, 0.15) is 0 Å². The Morgan fingerprint density at radius 3 is 2.53 bits per heavy atom. The minimum atomic E-state index is -3.50. The van der Waals surface area contributed by atoms with Crippen molar-refractivity contribution in [3.63, 3.8) is 0 Å². The monoisotopic (exact) mass is 254 g/mol. The second kappa shape index (κ2) is 5.11. The minimum absolute atomic E-state index is 0.0968. The van der Waals surface area contributed by atoms with E-state index in [1.54, 1.807) is 19.1 Å². The van der Waals surface area contributed by atoms with Crippen molar-refractivity contribution in [2.24, 2.45) is 0 Å². The smallest absolute Gasteiger partial charge is 0.250 e. The zero-order valence-corrected chi connectivity index (χ0v) is 10.5. The number of amides is 1. The summed E-state index contributed by atoms with van der Waals surface area (Å²) in [5.74, 6) is -0.344. The molecule has 0 atom stereocenters. The van der Waals surface area contributed by atoms with Gasteiger partial charge in [-0.2, -0.15) is 0 Å². The van der Waals surface area contributed by atoms with E-state index >= 15 is 0 Å². The Kier molecular flexibility index (Phi) is 4.03. The standard InChI is InChI=1S/C11H14N2O3S/c1-8(2)11(14)13-9-5-4-6-10(7-9)17(15,16)12-3/h4-7,12H,1H2,2-3H3,(H,13,14). The summed E-state index contributed by atoms with van der Waals surface area (Å²) in [6.45, 7) is 5.07. The van der Waals surface area contributed by atoms with Crippen LogP contribution in [-0.2, 0) is 14.8 Å².